The molecule has 0 amide bonds. The number of H-pyrrole nitrogens is 1. The van der Waals surface area contributed by atoms with E-state index in [1.165, 1.54) is 15.3 Å². The number of aromatic nitrogens is 1. The summed E-state index contributed by atoms with van der Waals surface area (Å²) in [4.78, 5) is 5.74. The molecular weight excluding hydrogens is 154 g/mol. The zero-order chi connectivity index (χ0) is 7.68. The minimum atomic E-state index is 1.28. The minimum absolute atomic E-state index is 1.28. The smallest absolute Gasteiger partial charge is 0.0360 e. The Bertz CT molecular complexity index is 332. The van der Waals surface area contributed by atoms with Gasteiger partial charge in [0.1, 0.15) is 0 Å². The number of rotatable bonds is 1. The van der Waals surface area contributed by atoms with Gasteiger partial charge in [0.25, 0.3) is 0 Å². The van der Waals surface area contributed by atoms with Gasteiger partial charge in [-0.15, -0.1) is 11.3 Å². The van der Waals surface area contributed by atoms with Crippen LogP contribution in [0, 0.1) is 6.92 Å². The first-order valence-corrected chi connectivity index (χ1v) is 4.37. The van der Waals surface area contributed by atoms with E-state index < -0.39 is 0 Å². The molecule has 0 unspecified atom stereocenters. The highest BCUT2D eigenvalue weighted by atomic mass is 32.1. The summed E-state index contributed by atoms with van der Waals surface area (Å²) in [5.41, 5.74) is 1.28. The van der Waals surface area contributed by atoms with Gasteiger partial charge in [-0.3, -0.25) is 0 Å². The molecule has 0 fully saturated rings. The molecule has 0 saturated carbocycles. The van der Waals surface area contributed by atoms with Gasteiger partial charge in [0, 0.05) is 27.7 Å². The number of hydrogen-bond donors (Lipinski definition) is 1. The normalized spacial score (nSPS) is 10.3. The maximum Gasteiger partial charge on any atom is 0.0360 e. The molecule has 1 nitrogen and oxygen atoms in total. The Morgan fingerprint density at radius 3 is 2.73 bits per heavy atom. The van der Waals surface area contributed by atoms with Crippen molar-refractivity contribution in [2.75, 3.05) is 0 Å². The Morgan fingerprint density at radius 2 is 2.18 bits per heavy atom. The number of hydrogen-bond acceptors (Lipinski definition) is 1. The van der Waals surface area contributed by atoms with Crippen LogP contribution in [0.3, 0.4) is 0 Å². The molecule has 0 atom stereocenters. The van der Waals surface area contributed by atoms with Gasteiger partial charge in [-0.2, -0.15) is 0 Å². The third-order valence-electron chi connectivity index (χ3n) is 1.62. The van der Waals surface area contributed by atoms with Crippen molar-refractivity contribution >= 4 is 11.3 Å². The van der Waals surface area contributed by atoms with Crippen LogP contribution in [0.1, 0.15) is 4.88 Å². The van der Waals surface area contributed by atoms with Crippen LogP contribution in [0.2, 0.25) is 0 Å². The number of nitrogens with one attached hydrogen (secondary N) is 1. The van der Waals surface area contributed by atoms with E-state index in [4.69, 9.17) is 0 Å². The molecule has 2 heterocycles. The van der Waals surface area contributed by atoms with E-state index in [2.05, 4.69) is 30.1 Å². The second kappa shape index (κ2) is 2.55. The second-order valence-corrected chi connectivity index (χ2v) is 3.80. The lowest BCUT2D eigenvalue weighted by atomic mass is 10.3. The van der Waals surface area contributed by atoms with Gasteiger partial charge in [-0.05, 0) is 25.1 Å². The van der Waals surface area contributed by atoms with E-state index >= 15 is 0 Å². The van der Waals surface area contributed by atoms with Gasteiger partial charge >= 0.3 is 0 Å². The van der Waals surface area contributed by atoms with Gasteiger partial charge in [0.2, 0.25) is 0 Å². The monoisotopic (exact) mass is 163 g/mol. The summed E-state index contributed by atoms with van der Waals surface area (Å²) >= 11 is 1.83. The van der Waals surface area contributed by atoms with E-state index in [0.717, 1.165) is 0 Å². The molecule has 0 aliphatic rings. The van der Waals surface area contributed by atoms with Gasteiger partial charge in [0.05, 0.1) is 0 Å². The van der Waals surface area contributed by atoms with Crippen molar-refractivity contribution in [1.29, 1.82) is 0 Å². The molecule has 0 saturated heterocycles. The number of aromatic amines is 1. The fraction of sp³-hybridized carbons (Fsp3) is 0.111. The summed E-state index contributed by atoms with van der Waals surface area (Å²) in [6, 6.07) is 6.39. The van der Waals surface area contributed by atoms with Crippen LogP contribution in [0.15, 0.2) is 30.6 Å². The molecule has 0 aliphatic heterocycles. The number of aryl methyl sites for hydroxylation is 1. The topological polar surface area (TPSA) is 15.8 Å². The summed E-state index contributed by atoms with van der Waals surface area (Å²) in [7, 11) is 0. The highest BCUT2D eigenvalue weighted by molar-refractivity contribution is 7.15. The fourth-order valence-corrected chi connectivity index (χ4v) is 1.93. The van der Waals surface area contributed by atoms with E-state index in [9.17, 15) is 0 Å². The number of thiophene rings is 1. The Labute approximate surface area is 69.7 Å². The van der Waals surface area contributed by atoms with Crippen molar-refractivity contribution in [3.05, 3.63) is 35.5 Å². The summed E-state index contributed by atoms with van der Waals surface area (Å²) in [6.45, 7) is 2.13. The molecule has 56 valence electrons. The van der Waals surface area contributed by atoms with Crippen LogP contribution < -0.4 is 0 Å². The SMILES string of the molecule is Cc1ccc(-c2cc[nH]c2)s1. The first-order chi connectivity index (χ1) is 5.36. The highest BCUT2D eigenvalue weighted by Crippen LogP contribution is 2.26. The maximum atomic E-state index is 3.04. The molecule has 0 aliphatic carbocycles. The molecule has 11 heavy (non-hydrogen) atoms. The molecule has 2 aromatic heterocycles. The third kappa shape index (κ3) is 1.21. The van der Waals surface area contributed by atoms with E-state index in [1.807, 2.05) is 23.7 Å². The van der Waals surface area contributed by atoms with Crippen molar-refractivity contribution in [3.8, 4) is 10.4 Å². The average molecular weight is 163 g/mol. The summed E-state index contributed by atoms with van der Waals surface area (Å²) < 4.78 is 0. The fourth-order valence-electron chi connectivity index (χ4n) is 1.07. The summed E-state index contributed by atoms with van der Waals surface area (Å²) in [6.07, 6.45) is 3.97. The van der Waals surface area contributed by atoms with Crippen molar-refractivity contribution in [2.24, 2.45) is 0 Å². The van der Waals surface area contributed by atoms with Crippen LogP contribution in [-0.2, 0) is 0 Å². The lowest BCUT2D eigenvalue weighted by Crippen LogP contribution is -1.59. The Hall–Kier alpha value is -1.02. The Morgan fingerprint density at radius 1 is 1.27 bits per heavy atom. The van der Waals surface area contributed by atoms with Crippen LogP contribution >= 0.6 is 11.3 Å². The Balaban J connectivity index is 2.45. The molecule has 2 aromatic rings. The van der Waals surface area contributed by atoms with Crippen LogP contribution in [-0.4, -0.2) is 4.98 Å². The molecule has 2 heteroatoms. The second-order valence-electron chi connectivity index (χ2n) is 2.51. The molecule has 0 aromatic carbocycles. The van der Waals surface area contributed by atoms with Gasteiger partial charge in [0.15, 0.2) is 0 Å². The quantitative estimate of drug-likeness (QED) is 0.665. The van der Waals surface area contributed by atoms with Crippen molar-refractivity contribution in [1.82, 2.24) is 4.98 Å². The Kier molecular flexibility index (Phi) is 1.55. The summed E-state index contributed by atoms with van der Waals surface area (Å²) in [5, 5.41) is 0. The van der Waals surface area contributed by atoms with Gasteiger partial charge in [-0.25, -0.2) is 0 Å². The lowest BCUT2D eigenvalue weighted by Gasteiger charge is -1.86. The van der Waals surface area contributed by atoms with Gasteiger partial charge in [-0.1, -0.05) is 0 Å². The van der Waals surface area contributed by atoms with E-state index in [-0.39, 0.29) is 0 Å². The molecule has 0 radical (unpaired) electrons. The minimum Gasteiger partial charge on any atom is -0.367 e. The van der Waals surface area contributed by atoms with E-state index in [1.54, 1.807) is 0 Å². The third-order valence-corrected chi connectivity index (χ3v) is 2.67. The van der Waals surface area contributed by atoms with Crippen LogP contribution in [0.5, 0.6) is 0 Å². The summed E-state index contributed by atoms with van der Waals surface area (Å²) in [5.74, 6) is 0. The first kappa shape index (κ1) is 6.68. The zero-order valence-corrected chi connectivity index (χ0v) is 7.11. The van der Waals surface area contributed by atoms with Crippen molar-refractivity contribution in [3.63, 3.8) is 0 Å². The van der Waals surface area contributed by atoms with Crippen molar-refractivity contribution < 1.29 is 0 Å². The van der Waals surface area contributed by atoms with E-state index in [0.29, 0.717) is 0 Å². The molecule has 0 bridgehead atoms. The van der Waals surface area contributed by atoms with Crippen molar-refractivity contribution in [2.45, 2.75) is 6.92 Å². The highest BCUT2D eigenvalue weighted by Gasteiger charge is 1.98. The predicted octanol–water partition coefficient (Wildman–Crippen LogP) is 3.05. The van der Waals surface area contributed by atoms with Gasteiger partial charge < -0.3 is 4.98 Å². The average Bonchev–Trinajstić information content (AvgIpc) is 2.55. The predicted molar refractivity (Wildman–Crippen MR) is 48.8 cm³/mol. The maximum absolute atomic E-state index is 3.04. The molecule has 2 rings (SSSR count). The lowest BCUT2D eigenvalue weighted by molar-refractivity contribution is 1.42. The van der Waals surface area contributed by atoms with Crippen LogP contribution in [0.25, 0.3) is 10.4 Å². The molecular formula is C9H9NS. The largest absolute Gasteiger partial charge is 0.367 e. The standard InChI is InChI=1S/C9H9NS/c1-7-2-3-9(11-7)8-4-5-10-6-8/h2-6,10H,1H3. The van der Waals surface area contributed by atoms with Crippen LogP contribution in [0.4, 0.5) is 0 Å². The first-order valence-electron chi connectivity index (χ1n) is 3.56. The molecule has 0 spiro atoms. The zero-order valence-electron chi connectivity index (χ0n) is 6.29. The molecule has 1 N–H and O–H groups in total.